The number of nitrogens with zero attached hydrogens (tertiary/aromatic N) is 2. The highest BCUT2D eigenvalue weighted by atomic mass is 16.2. The van der Waals surface area contributed by atoms with Crippen LogP contribution in [0.3, 0.4) is 0 Å². The SMILES string of the molecule is CCCn1c(=O)c2ccccc2n(CC(=O)NC(C)C)c1=O. The van der Waals surface area contributed by atoms with E-state index in [1.807, 2.05) is 20.8 Å². The second-order valence-electron chi connectivity index (χ2n) is 5.56. The lowest BCUT2D eigenvalue weighted by atomic mass is 10.2. The highest BCUT2D eigenvalue weighted by Gasteiger charge is 2.14. The van der Waals surface area contributed by atoms with Gasteiger partial charge in [0.1, 0.15) is 6.54 Å². The van der Waals surface area contributed by atoms with E-state index >= 15 is 0 Å². The molecule has 2 rings (SSSR count). The molecule has 0 saturated carbocycles. The third kappa shape index (κ3) is 3.10. The van der Waals surface area contributed by atoms with Gasteiger partial charge in [-0.2, -0.15) is 0 Å². The summed E-state index contributed by atoms with van der Waals surface area (Å²) in [6, 6.07) is 6.87. The normalized spacial score (nSPS) is 11.1. The Labute approximate surface area is 128 Å². The van der Waals surface area contributed by atoms with Crippen molar-refractivity contribution in [3.05, 3.63) is 45.1 Å². The van der Waals surface area contributed by atoms with Crippen molar-refractivity contribution in [2.75, 3.05) is 0 Å². The van der Waals surface area contributed by atoms with Crippen LogP contribution < -0.4 is 16.6 Å². The summed E-state index contributed by atoms with van der Waals surface area (Å²) in [6.07, 6.45) is 0.672. The van der Waals surface area contributed by atoms with Crippen molar-refractivity contribution in [2.24, 2.45) is 0 Å². The van der Waals surface area contributed by atoms with Gasteiger partial charge in [0.25, 0.3) is 5.56 Å². The van der Waals surface area contributed by atoms with Crippen molar-refractivity contribution < 1.29 is 4.79 Å². The van der Waals surface area contributed by atoms with Crippen LogP contribution in [0, 0.1) is 0 Å². The molecule has 118 valence electrons. The summed E-state index contributed by atoms with van der Waals surface area (Å²) in [7, 11) is 0. The Morgan fingerprint density at radius 1 is 1.18 bits per heavy atom. The second-order valence-corrected chi connectivity index (χ2v) is 5.56. The summed E-state index contributed by atoms with van der Waals surface area (Å²) in [5.41, 5.74) is -0.254. The van der Waals surface area contributed by atoms with Gasteiger partial charge in [0.15, 0.2) is 0 Å². The number of benzene rings is 1. The largest absolute Gasteiger partial charge is 0.352 e. The number of aromatic nitrogens is 2. The lowest BCUT2D eigenvalue weighted by Crippen LogP contribution is -2.43. The van der Waals surface area contributed by atoms with Gasteiger partial charge in [-0.25, -0.2) is 4.79 Å². The predicted octanol–water partition coefficient (Wildman–Crippen LogP) is 1.10. The van der Waals surface area contributed by atoms with E-state index in [0.717, 1.165) is 0 Å². The van der Waals surface area contributed by atoms with E-state index in [4.69, 9.17) is 0 Å². The summed E-state index contributed by atoms with van der Waals surface area (Å²) in [6.45, 7) is 5.86. The Kier molecular flexibility index (Phi) is 4.80. The van der Waals surface area contributed by atoms with Gasteiger partial charge in [0.2, 0.25) is 5.91 Å². The maximum absolute atomic E-state index is 12.6. The van der Waals surface area contributed by atoms with Gasteiger partial charge in [-0.15, -0.1) is 0 Å². The third-order valence-corrected chi connectivity index (χ3v) is 3.33. The van der Waals surface area contributed by atoms with Crippen LogP contribution in [0.4, 0.5) is 0 Å². The number of nitrogens with one attached hydrogen (secondary N) is 1. The summed E-state index contributed by atoms with van der Waals surface area (Å²) in [5, 5.41) is 3.21. The summed E-state index contributed by atoms with van der Waals surface area (Å²) >= 11 is 0. The molecular formula is C16H21N3O3. The van der Waals surface area contributed by atoms with Crippen LogP contribution in [0.1, 0.15) is 27.2 Å². The van der Waals surface area contributed by atoms with Crippen molar-refractivity contribution in [3.8, 4) is 0 Å². The molecular weight excluding hydrogens is 282 g/mol. The Morgan fingerprint density at radius 3 is 2.50 bits per heavy atom. The van der Waals surface area contributed by atoms with Gasteiger partial charge in [-0.3, -0.25) is 18.7 Å². The van der Waals surface area contributed by atoms with Crippen molar-refractivity contribution in [1.82, 2.24) is 14.5 Å². The average molecular weight is 303 g/mol. The zero-order valence-electron chi connectivity index (χ0n) is 13.1. The minimum atomic E-state index is -0.440. The number of fused-ring (bicyclic) bond motifs is 1. The predicted molar refractivity (Wildman–Crippen MR) is 86.0 cm³/mol. The maximum atomic E-state index is 12.6. The molecule has 0 saturated heterocycles. The fourth-order valence-electron chi connectivity index (χ4n) is 2.46. The van der Waals surface area contributed by atoms with Gasteiger partial charge in [0, 0.05) is 12.6 Å². The summed E-state index contributed by atoms with van der Waals surface area (Å²) in [4.78, 5) is 37.0. The number of carbonyl (C=O) groups is 1. The van der Waals surface area contributed by atoms with Crippen molar-refractivity contribution in [3.63, 3.8) is 0 Å². The smallest absolute Gasteiger partial charge is 0.331 e. The van der Waals surface area contributed by atoms with Crippen molar-refractivity contribution in [1.29, 1.82) is 0 Å². The average Bonchev–Trinajstić information content (AvgIpc) is 2.47. The van der Waals surface area contributed by atoms with Crippen LogP contribution in [0.2, 0.25) is 0 Å². The number of amides is 1. The van der Waals surface area contributed by atoms with Crippen molar-refractivity contribution in [2.45, 2.75) is 46.3 Å². The number of hydrogen-bond acceptors (Lipinski definition) is 3. The molecule has 1 heterocycles. The minimum absolute atomic E-state index is 0.00369. The molecule has 0 bridgehead atoms. The molecule has 1 N–H and O–H groups in total. The molecule has 0 fully saturated rings. The van der Waals surface area contributed by atoms with E-state index in [-0.39, 0.29) is 24.1 Å². The minimum Gasteiger partial charge on any atom is -0.352 e. The van der Waals surface area contributed by atoms with E-state index in [2.05, 4.69) is 5.32 Å². The molecule has 6 heteroatoms. The van der Waals surface area contributed by atoms with Crippen LogP contribution >= 0.6 is 0 Å². The zero-order valence-corrected chi connectivity index (χ0v) is 13.1. The Hall–Kier alpha value is -2.37. The topological polar surface area (TPSA) is 73.1 Å². The van der Waals surface area contributed by atoms with E-state index in [9.17, 15) is 14.4 Å². The molecule has 0 aliphatic heterocycles. The standard InChI is InChI=1S/C16H21N3O3/c1-4-9-18-15(21)12-7-5-6-8-13(12)19(16(18)22)10-14(20)17-11(2)3/h5-8,11H,4,9-10H2,1-3H3,(H,17,20). The number of para-hydroxylation sites is 1. The van der Waals surface area contributed by atoms with Crippen LogP contribution in [0.5, 0.6) is 0 Å². The van der Waals surface area contributed by atoms with Gasteiger partial charge in [-0.05, 0) is 32.4 Å². The number of rotatable bonds is 5. The lowest BCUT2D eigenvalue weighted by molar-refractivity contribution is -0.122. The molecule has 0 atom stereocenters. The Bertz CT molecular complexity index is 802. The first-order valence-electron chi connectivity index (χ1n) is 7.47. The molecule has 22 heavy (non-hydrogen) atoms. The Morgan fingerprint density at radius 2 is 1.86 bits per heavy atom. The molecule has 1 aromatic heterocycles. The number of carbonyl (C=O) groups excluding carboxylic acids is 1. The molecule has 6 nitrogen and oxygen atoms in total. The highest BCUT2D eigenvalue weighted by molar-refractivity contribution is 5.81. The first-order valence-corrected chi connectivity index (χ1v) is 7.47. The molecule has 0 aliphatic rings. The highest BCUT2D eigenvalue weighted by Crippen LogP contribution is 2.07. The molecule has 0 spiro atoms. The molecule has 1 aromatic carbocycles. The number of hydrogen-bond donors (Lipinski definition) is 1. The summed E-state index contributed by atoms with van der Waals surface area (Å²) < 4.78 is 2.56. The van der Waals surface area contributed by atoms with Crippen LogP contribution in [0.15, 0.2) is 33.9 Å². The lowest BCUT2D eigenvalue weighted by Gasteiger charge is -2.14. The van der Waals surface area contributed by atoms with E-state index < -0.39 is 5.69 Å². The van der Waals surface area contributed by atoms with Gasteiger partial charge in [0.05, 0.1) is 10.9 Å². The van der Waals surface area contributed by atoms with E-state index in [0.29, 0.717) is 23.9 Å². The van der Waals surface area contributed by atoms with Gasteiger partial charge in [-0.1, -0.05) is 19.1 Å². The quantitative estimate of drug-likeness (QED) is 0.899. The van der Waals surface area contributed by atoms with Crippen LogP contribution in [-0.2, 0) is 17.9 Å². The monoisotopic (exact) mass is 303 g/mol. The molecule has 0 unspecified atom stereocenters. The third-order valence-electron chi connectivity index (χ3n) is 3.33. The van der Waals surface area contributed by atoms with Crippen LogP contribution in [-0.4, -0.2) is 21.1 Å². The Balaban J connectivity index is 2.63. The molecule has 0 radical (unpaired) electrons. The maximum Gasteiger partial charge on any atom is 0.331 e. The summed E-state index contributed by atoms with van der Waals surface area (Å²) in [5.74, 6) is -0.246. The van der Waals surface area contributed by atoms with Crippen molar-refractivity contribution >= 4 is 16.8 Å². The second kappa shape index (κ2) is 6.60. The van der Waals surface area contributed by atoms with E-state index in [1.165, 1.54) is 9.13 Å². The molecule has 2 aromatic rings. The zero-order chi connectivity index (χ0) is 16.3. The van der Waals surface area contributed by atoms with Gasteiger partial charge < -0.3 is 5.32 Å². The van der Waals surface area contributed by atoms with Gasteiger partial charge >= 0.3 is 5.69 Å². The fourth-order valence-corrected chi connectivity index (χ4v) is 2.46. The first-order chi connectivity index (χ1) is 10.5. The van der Waals surface area contributed by atoms with E-state index in [1.54, 1.807) is 24.3 Å². The molecule has 0 aliphatic carbocycles. The molecule has 1 amide bonds. The fraction of sp³-hybridized carbons (Fsp3) is 0.438. The first kappa shape index (κ1) is 16.0. The van der Waals surface area contributed by atoms with Crippen LogP contribution in [0.25, 0.3) is 10.9 Å².